The molecule has 0 saturated carbocycles. The molecule has 0 bridgehead atoms. The first-order chi connectivity index (χ1) is 8.34. The fraction of sp³-hybridized carbons (Fsp3) is 0.562. The molecule has 0 spiro atoms. The van der Waals surface area contributed by atoms with Gasteiger partial charge in [0.2, 0.25) is 5.91 Å². The third kappa shape index (κ3) is 3.34. The van der Waals surface area contributed by atoms with E-state index >= 15 is 0 Å². The number of hydrogen-bond donors (Lipinski definition) is 1. The van der Waals surface area contributed by atoms with Crippen molar-refractivity contribution in [2.24, 2.45) is 5.92 Å². The second-order valence-corrected chi connectivity index (χ2v) is 5.76. The zero-order valence-corrected chi connectivity index (χ0v) is 12.4. The van der Waals surface area contributed by atoms with Crippen LogP contribution in [0.2, 0.25) is 0 Å². The second kappa shape index (κ2) is 6.03. The molecule has 0 radical (unpaired) electrons. The lowest BCUT2D eigenvalue weighted by Gasteiger charge is -2.20. The SMILES string of the molecule is CC(C)C(=O)Nc1c(C(C)C)cccc1C(C)C. The Hall–Kier alpha value is -1.31. The molecule has 18 heavy (non-hydrogen) atoms. The van der Waals surface area contributed by atoms with Crippen molar-refractivity contribution in [1.29, 1.82) is 0 Å². The van der Waals surface area contributed by atoms with Crippen molar-refractivity contribution in [3.63, 3.8) is 0 Å². The van der Waals surface area contributed by atoms with Crippen LogP contribution in [0, 0.1) is 5.92 Å². The van der Waals surface area contributed by atoms with Gasteiger partial charge in [-0.2, -0.15) is 0 Å². The van der Waals surface area contributed by atoms with Gasteiger partial charge < -0.3 is 5.32 Å². The summed E-state index contributed by atoms with van der Waals surface area (Å²) in [6.45, 7) is 12.5. The quantitative estimate of drug-likeness (QED) is 0.832. The maximum Gasteiger partial charge on any atom is 0.226 e. The second-order valence-electron chi connectivity index (χ2n) is 5.76. The average Bonchev–Trinajstić information content (AvgIpc) is 2.28. The molecule has 1 N–H and O–H groups in total. The van der Waals surface area contributed by atoms with Crippen LogP contribution in [-0.4, -0.2) is 5.91 Å². The van der Waals surface area contributed by atoms with Crippen LogP contribution in [0.25, 0.3) is 0 Å². The van der Waals surface area contributed by atoms with Crippen molar-refractivity contribution in [2.45, 2.75) is 53.4 Å². The molecule has 2 heteroatoms. The minimum Gasteiger partial charge on any atom is -0.325 e. The van der Waals surface area contributed by atoms with E-state index in [4.69, 9.17) is 0 Å². The molecule has 100 valence electrons. The number of carbonyl (C=O) groups excluding carboxylic acids is 1. The molecule has 0 aromatic heterocycles. The van der Waals surface area contributed by atoms with Crippen molar-refractivity contribution >= 4 is 11.6 Å². The minimum atomic E-state index is 0.00484. The zero-order valence-electron chi connectivity index (χ0n) is 12.4. The Morgan fingerprint density at radius 2 is 1.39 bits per heavy atom. The first-order valence-corrected chi connectivity index (χ1v) is 6.78. The summed E-state index contributed by atoms with van der Waals surface area (Å²) >= 11 is 0. The van der Waals surface area contributed by atoms with Crippen molar-refractivity contribution in [3.05, 3.63) is 29.3 Å². The van der Waals surface area contributed by atoms with Gasteiger partial charge in [-0.3, -0.25) is 4.79 Å². The molecule has 2 nitrogen and oxygen atoms in total. The van der Waals surface area contributed by atoms with E-state index in [0.29, 0.717) is 11.8 Å². The van der Waals surface area contributed by atoms with Crippen molar-refractivity contribution in [3.8, 4) is 0 Å². The molecule has 1 aromatic rings. The van der Waals surface area contributed by atoms with Crippen LogP contribution in [-0.2, 0) is 4.79 Å². The lowest BCUT2D eigenvalue weighted by molar-refractivity contribution is -0.118. The highest BCUT2D eigenvalue weighted by Gasteiger charge is 2.16. The Bertz CT molecular complexity index is 393. The monoisotopic (exact) mass is 247 g/mol. The van der Waals surface area contributed by atoms with Gasteiger partial charge in [0.15, 0.2) is 0 Å². The molecule has 0 aliphatic rings. The predicted molar refractivity (Wildman–Crippen MR) is 78.1 cm³/mol. The van der Waals surface area contributed by atoms with Gasteiger partial charge in [-0.15, -0.1) is 0 Å². The zero-order chi connectivity index (χ0) is 13.9. The van der Waals surface area contributed by atoms with E-state index in [1.165, 1.54) is 11.1 Å². The van der Waals surface area contributed by atoms with Crippen LogP contribution in [0.1, 0.15) is 64.5 Å². The van der Waals surface area contributed by atoms with Gasteiger partial charge in [0.25, 0.3) is 0 Å². The molecule has 0 aliphatic carbocycles. The van der Waals surface area contributed by atoms with Crippen LogP contribution < -0.4 is 5.32 Å². The van der Waals surface area contributed by atoms with Crippen molar-refractivity contribution < 1.29 is 4.79 Å². The molecule has 0 saturated heterocycles. The van der Waals surface area contributed by atoms with Gasteiger partial charge in [-0.1, -0.05) is 59.7 Å². The Balaban J connectivity index is 3.23. The highest BCUT2D eigenvalue weighted by atomic mass is 16.1. The summed E-state index contributed by atoms with van der Waals surface area (Å²) in [5, 5.41) is 3.10. The molecule has 1 aromatic carbocycles. The molecule has 0 aliphatic heterocycles. The number of benzene rings is 1. The number of rotatable bonds is 4. The van der Waals surface area contributed by atoms with E-state index in [9.17, 15) is 4.79 Å². The standard InChI is InChI=1S/C16H25NO/c1-10(2)13-8-7-9-14(11(3)4)15(13)17-16(18)12(5)6/h7-12H,1-6H3,(H,17,18). The Morgan fingerprint density at radius 1 is 0.944 bits per heavy atom. The van der Waals surface area contributed by atoms with Crippen LogP contribution in [0.5, 0.6) is 0 Å². The van der Waals surface area contributed by atoms with Crippen molar-refractivity contribution in [1.82, 2.24) is 0 Å². The fourth-order valence-corrected chi connectivity index (χ4v) is 1.96. The van der Waals surface area contributed by atoms with Crippen LogP contribution in [0.3, 0.4) is 0 Å². The first kappa shape index (κ1) is 14.7. The number of para-hydroxylation sites is 1. The summed E-state index contributed by atoms with van der Waals surface area (Å²) in [4.78, 5) is 12.0. The van der Waals surface area contributed by atoms with Gasteiger partial charge in [0, 0.05) is 11.6 Å². The summed E-state index contributed by atoms with van der Waals surface area (Å²) in [6, 6.07) is 6.29. The maximum atomic E-state index is 12.0. The van der Waals surface area contributed by atoms with Crippen molar-refractivity contribution in [2.75, 3.05) is 5.32 Å². The lowest BCUT2D eigenvalue weighted by atomic mass is 9.92. The minimum absolute atomic E-state index is 0.00484. The maximum absolute atomic E-state index is 12.0. The number of carbonyl (C=O) groups is 1. The summed E-state index contributed by atoms with van der Waals surface area (Å²) in [6.07, 6.45) is 0. The molecule has 0 atom stereocenters. The van der Waals surface area contributed by atoms with E-state index in [1.807, 2.05) is 13.8 Å². The van der Waals surface area contributed by atoms with Crippen LogP contribution >= 0.6 is 0 Å². The highest BCUT2D eigenvalue weighted by molar-refractivity contribution is 5.93. The summed E-state index contributed by atoms with van der Waals surface area (Å²) < 4.78 is 0. The molecular formula is C16H25NO. The van der Waals surface area contributed by atoms with E-state index in [-0.39, 0.29) is 11.8 Å². The summed E-state index contributed by atoms with van der Waals surface area (Å²) in [5.74, 6) is 0.910. The van der Waals surface area contributed by atoms with Crippen LogP contribution in [0.15, 0.2) is 18.2 Å². The van der Waals surface area contributed by atoms with Gasteiger partial charge in [-0.25, -0.2) is 0 Å². The van der Waals surface area contributed by atoms with E-state index < -0.39 is 0 Å². The average molecular weight is 247 g/mol. The van der Waals surface area contributed by atoms with Gasteiger partial charge >= 0.3 is 0 Å². The normalized spacial score (nSPS) is 11.4. The molecule has 1 rings (SSSR count). The fourth-order valence-electron chi connectivity index (χ4n) is 1.96. The molecule has 0 unspecified atom stereocenters. The molecule has 0 heterocycles. The Labute approximate surface area is 111 Å². The van der Waals surface area contributed by atoms with Gasteiger partial charge in [0.05, 0.1) is 0 Å². The topological polar surface area (TPSA) is 29.1 Å². The third-order valence-electron chi connectivity index (χ3n) is 3.15. The predicted octanol–water partition coefficient (Wildman–Crippen LogP) is 4.53. The Kier molecular flexibility index (Phi) is 4.94. The largest absolute Gasteiger partial charge is 0.325 e. The number of anilines is 1. The van der Waals surface area contributed by atoms with Gasteiger partial charge in [-0.05, 0) is 23.0 Å². The third-order valence-corrected chi connectivity index (χ3v) is 3.15. The van der Waals surface area contributed by atoms with E-state index in [2.05, 4.69) is 51.2 Å². The van der Waals surface area contributed by atoms with Crippen LogP contribution in [0.4, 0.5) is 5.69 Å². The van der Waals surface area contributed by atoms with E-state index in [1.54, 1.807) is 0 Å². The number of nitrogens with one attached hydrogen (secondary N) is 1. The molecule has 1 amide bonds. The smallest absolute Gasteiger partial charge is 0.226 e. The lowest BCUT2D eigenvalue weighted by Crippen LogP contribution is -2.20. The summed E-state index contributed by atoms with van der Waals surface area (Å²) in [7, 11) is 0. The molecular weight excluding hydrogens is 222 g/mol. The molecule has 0 fully saturated rings. The number of amides is 1. The van der Waals surface area contributed by atoms with Gasteiger partial charge in [0.1, 0.15) is 0 Å². The van der Waals surface area contributed by atoms with E-state index in [0.717, 1.165) is 5.69 Å². The summed E-state index contributed by atoms with van der Waals surface area (Å²) in [5.41, 5.74) is 3.45. The first-order valence-electron chi connectivity index (χ1n) is 6.78. The Morgan fingerprint density at radius 3 is 1.72 bits per heavy atom. The highest BCUT2D eigenvalue weighted by Crippen LogP contribution is 2.32. The number of hydrogen-bond acceptors (Lipinski definition) is 1.